The molecule has 0 saturated heterocycles. The minimum Gasteiger partial charge on any atom is -0.478 e. The summed E-state index contributed by atoms with van der Waals surface area (Å²) in [7, 11) is 0. The summed E-state index contributed by atoms with van der Waals surface area (Å²) in [6, 6.07) is 5.38. The maximum absolute atomic E-state index is 10.8. The summed E-state index contributed by atoms with van der Waals surface area (Å²) in [5, 5.41) is 8.86. The van der Waals surface area contributed by atoms with Crippen molar-refractivity contribution in [2.24, 2.45) is 5.73 Å². The molecule has 0 aliphatic heterocycles. The first-order chi connectivity index (χ1) is 6.19. The molecule has 13 heavy (non-hydrogen) atoms. The molecule has 3 N–H and O–H groups in total. The number of aryl methyl sites for hydroxylation is 1. The second-order valence-electron chi connectivity index (χ2n) is 2.85. The van der Waals surface area contributed by atoms with E-state index in [1.807, 2.05) is 13.0 Å². The maximum Gasteiger partial charge on any atom is 0.336 e. The molecule has 0 spiro atoms. The standard InChI is InChI=1S/C10H13NO2/c1-2-7-3-4-8(6-11)9(5-7)10(12)13/h3-5H,2,6,11H2,1H3,(H,12,13). The van der Waals surface area contributed by atoms with Crippen LogP contribution >= 0.6 is 0 Å². The molecular weight excluding hydrogens is 166 g/mol. The van der Waals surface area contributed by atoms with Gasteiger partial charge in [-0.1, -0.05) is 19.1 Å². The molecule has 0 unspecified atom stereocenters. The van der Waals surface area contributed by atoms with Crippen LogP contribution in [0.5, 0.6) is 0 Å². The first-order valence-electron chi connectivity index (χ1n) is 4.24. The van der Waals surface area contributed by atoms with Gasteiger partial charge >= 0.3 is 5.97 Å². The molecule has 0 aliphatic rings. The minimum atomic E-state index is -0.907. The average molecular weight is 179 g/mol. The lowest BCUT2D eigenvalue weighted by atomic mass is 10.0. The van der Waals surface area contributed by atoms with E-state index < -0.39 is 5.97 Å². The Balaban J connectivity index is 3.18. The van der Waals surface area contributed by atoms with E-state index in [9.17, 15) is 4.79 Å². The molecule has 0 aliphatic carbocycles. The molecule has 0 amide bonds. The van der Waals surface area contributed by atoms with Gasteiger partial charge in [0.25, 0.3) is 0 Å². The average Bonchev–Trinajstić information content (AvgIpc) is 2.16. The zero-order valence-corrected chi connectivity index (χ0v) is 7.58. The van der Waals surface area contributed by atoms with Crippen LogP contribution in [0.15, 0.2) is 18.2 Å². The van der Waals surface area contributed by atoms with Gasteiger partial charge in [0.05, 0.1) is 5.56 Å². The summed E-state index contributed by atoms with van der Waals surface area (Å²) in [5.74, 6) is -0.907. The molecular formula is C10H13NO2. The van der Waals surface area contributed by atoms with Gasteiger partial charge in [-0.15, -0.1) is 0 Å². The van der Waals surface area contributed by atoms with E-state index in [1.54, 1.807) is 12.1 Å². The first kappa shape index (κ1) is 9.74. The summed E-state index contributed by atoms with van der Waals surface area (Å²) >= 11 is 0. The highest BCUT2D eigenvalue weighted by atomic mass is 16.4. The molecule has 3 heteroatoms. The molecule has 0 radical (unpaired) electrons. The number of aromatic carboxylic acids is 1. The Bertz CT molecular complexity index is 321. The number of hydrogen-bond acceptors (Lipinski definition) is 2. The van der Waals surface area contributed by atoms with Crippen molar-refractivity contribution in [2.75, 3.05) is 0 Å². The maximum atomic E-state index is 10.8. The molecule has 1 rings (SSSR count). The van der Waals surface area contributed by atoms with E-state index in [0.717, 1.165) is 12.0 Å². The van der Waals surface area contributed by atoms with Crippen molar-refractivity contribution in [3.8, 4) is 0 Å². The van der Waals surface area contributed by atoms with Crippen molar-refractivity contribution in [3.05, 3.63) is 34.9 Å². The van der Waals surface area contributed by atoms with Crippen LogP contribution in [0.25, 0.3) is 0 Å². The molecule has 0 fully saturated rings. The minimum absolute atomic E-state index is 0.269. The Kier molecular flexibility index (Phi) is 3.03. The fourth-order valence-corrected chi connectivity index (χ4v) is 1.22. The van der Waals surface area contributed by atoms with Crippen molar-refractivity contribution in [3.63, 3.8) is 0 Å². The van der Waals surface area contributed by atoms with Gasteiger partial charge in [-0.05, 0) is 23.6 Å². The van der Waals surface area contributed by atoms with Crippen LogP contribution < -0.4 is 5.73 Å². The smallest absolute Gasteiger partial charge is 0.336 e. The summed E-state index contributed by atoms with van der Waals surface area (Å²) < 4.78 is 0. The summed E-state index contributed by atoms with van der Waals surface area (Å²) in [5.41, 5.74) is 7.45. The number of carbonyl (C=O) groups is 1. The van der Waals surface area contributed by atoms with Crippen molar-refractivity contribution in [1.29, 1.82) is 0 Å². The molecule has 70 valence electrons. The molecule has 1 aromatic rings. The predicted molar refractivity (Wildman–Crippen MR) is 50.7 cm³/mol. The fourth-order valence-electron chi connectivity index (χ4n) is 1.22. The third-order valence-corrected chi connectivity index (χ3v) is 2.03. The highest BCUT2D eigenvalue weighted by molar-refractivity contribution is 5.89. The SMILES string of the molecule is CCc1ccc(CN)c(C(=O)O)c1. The zero-order valence-electron chi connectivity index (χ0n) is 7.58. The number of carboxylic acids is 1. The highest BCUT2D eigenvalue weighted by Gasteiger charge is 2.08. The Labute approximate surface area is 77.2 Å². The first-order valence-corrected chi connectivity index (χ1v) is 4.24. The number of carboxylic acid groups (broad SMARTS) is 1. The molecule has 0 saturated carbocycles. The van der Waals surface area contributed by atoms with Crippen LogP contribution in [0.3, 0.4) is 0 Å². The van der Waals surface area contributed by atoms with E-state index in [0.29, 0.717) is 11.1 Å². The lowest BCUT2D eigenvalue weighted by Crippen LogP contribution is -2.07. The van der Waals surface area contributed by atoms with Crippen molar-refractivity contribution in [2.45, 2.75) is 19.9 Å². The van der Waals surface area contributed by atoms with Gasteiger partial charge in [0.1, 0.15) is 0 Å². The van der Waals surface area contributed by atoms with Gasteiger partial charge in [0.2, 0.25) is 0 Å². The predicted octanol–water partition coefficient (Wildman–Crippen LogP) is 1.41. The van der Waals surface area contributed by atoms with Crippen LogP contribution in [0, 0.1) is 0 Å². The second kappa shape index (κ2) is 4.05. The van der Waals surface area contributed by atoms with E-state index in [2.05, 4.69) is 0 Å². The molecule has 3 nitrogen and oxygen atoms in total. The van der Waals surface area contributed by atoms with E-state index >= 15 is 0 Å². The Hall–Kier alpha value is -1.35. The fraction of sp³-hybridized carbons (Fsp3) is 0.300. The largest absolute Gasteiger partial charge is 0.478 e. The van der Waals surface area contributed by atoms with Gasteiger partial charge < -0.3 is 10.8 Å². The van der Waals surface area contributed by atoms with Crippen LogP contribution in [0.1, 0.15) is 28.4 Å². The lowest BCUT2D eigenvalue weighted by Gasteiger charge is -2.05. The van der Waals surface area contributed by atoms with E-state index in [4.69, 9.17) is 10.8 Å². The summed E-state index contributed by atoms with van der Waals surface area (Å²) in [6.07, 6.45) is 0.838. The number of rotatable bonds is 3. The van der Waals surface area contributed by atoms with Gasteiger partial charge in [-0.2, -0.15) is 0 Å². The quantitative estimate of drug-likeness (QED) is 0.737. The van der Waals surface area contributed by atoms with Crippen LogP contribution in [-0.2, 0) is 13.0 Å². The van der Waals surface area contributed by atoms with Crippen molar-refractivity contribution < 1.29 is 9.90 Å². The number of hydrogen-bond donors (Lipinski definition) is 2. The molecule has 0 atom stereocenters. The Morgan fingerprint density at radius 3 is 2.69 bits per heavy atom. The van der Waals surface area contributed by atoms with Crippen molar-refractivity contribution in [1.82, 2.24) is 0 Å². The summed E-state index contributed by atoms with van der Waals surface area (Å²) in [4.78, 5) is 10.8. The Morgan fingerprint density at radius 2 is 2.23 bits per heavy atom. The molecule has 0 bridgehead atoms. The zero-order chi connectivity index (χ0) is 9.84. The summed E-state index contributed by atoms with van der Waals surface area (Å²) in [6.45, 7) is 2.26. The van der Waals surface area contributed by atoms with Crippen molar-refractivity contribution >= 4 is 5.97 Å². The van der Waals surface area contributed by atoms with Crippen LogP contribution in [-0.4, -0.2) is 11.1 Å². The second-order valence-corrected chi connectivity index (χ2v) is 2.85. The van der Waals surface area contributed by atoms with Gasteiger partial charge in [-0.25, -0.2) is 4.79 Å². The van der Waals surface area contributed by atoms with Crippen LogP contribution in [0.4, 0.5) is 0 Å². The van der Waals surface area contributed by atoms with E-state index in [-0.39, 0.29) is 6.54 Å². The third kappa shape index (κ3) is 2.06. The lowest BCUT2D eigenvalue weighted by molar-refractivity contribution is 0.0695. The molecule has 1 aromatic carbocycles. The normalized spacial score (nSPS) is 10.0. The van der Waals surface area contributed by atoms with Gasteiger partial charge in [0.15, 0.2) is 0 Å². The van der Waals surface area contributed by atoms with Crippen LogP contribution in [0.2, 0.25) is 0 Å². The van der Waals surface area contributed by atoms with E-state index in [1.165, 1.54) is 0 Å². The highest BCUT2D eigenvalue weighted by Crippen LogP contribution is 2.12. The van der Waals surface area contributed by atoms with Gasteiger partial charge in [-0.3, -0.25) is 0 Å². The monoisotopic (exact) mass is 179 g/mol. The molecule has 0 heterocycles. The topological polar surface area (TPSA) is 63.3 Å². The number of benzene rings is 1. The third-order valence-electron chi connectivity index (χ3n) is 2.03. The Morgan fingerprint density at radius 1 is 1.54 bits per heavy atom. The molecule has 0 aromatic heterocycles. The number of nitrogens with two attached hydrogens (primary N) is 1. The van der Waals surface area contributed by atoms with Gasteiger partial charge in [0, 0.05) is 6.54 Å².